The highest BCUT2D eigenvalue weighted by Crippen LogP contribution is 2.20. The summed E-state index contributed by atoms with van der Waals surface area (Å²) in [4.78, 5) is 12.6. The number of benzene rings is 3. The average Bonchev–Trinajstić information content (AvgIpc) is 2.69. The summed E-state index contributed by atoms with van der Waals surface area (Å²) in [6.45, 7) is 4.16. The van der Waals surface area contributed by atoms with Crippen LogP contribution in [-0.2, 0) is 16.6 Å². The van der Waals surface area contributed by atoms with Gasteiger partial charge in [-0.05, 0) is 60.9 Å². The van der Waals surface area contributed by atoms with Gasteiger partial charge in [-0.15, -0.1) is 0 Å². The van der Waals surface area contributed by atoms with Crippen LogP contribution < -0.4 is 10.0 Å². The first-order valence-corrected chi connectivity index (χ1v) is 10.4. The Bertz CT molecular complexity index is 1090. The van der Waals surface area contributed by atoms with Gasteiger partial charge in [-0.1, -0.05) is 42.5 Å². The molecule has 0 aliphatic heterocycles. The molecule has 0 atom stereocenters. The second-order valence-corrected chi connectivity index (χ2v) is 8.24. The van der Waals surface area contributed by atoms with E-state index in [0.717, 1.165) is 11.1 Å². The highest BCUT2D eigenvalue weighted by molar-refractivity contribution is 7.92. The number of carbonyl (C=O) groups is 1. The molecule has 3 rings (SSSR count). The molecule has 28 heavy (non-hydrogen) atoms. The number of amides is 1. The number of para-hydroxylation sites is 1. The summed E-state index contributed by atoms with van der Waals surface area (Å²) in [5.41, 5.74) is 3.86. The molecule has 0 aliphatic carbocycles. The van der Waals surface area contributed by atoms with Gasteiger partial charge in [0.15, 0.2) is 0 Å². The zero-order chi connectivity index (χ0) is 20.1. The van der Waals surface area contributed by atoms with Crippen LogP contribution in [0.5, 0.6) is 0 Å². The molecule has 144 valence electrons. The first kappa shape index (κ1) is 19.6. The summed E-state index contributed by atoms with van der Waals surface area (Å²) >= 11 is 0. The fourth-order valence-electron chi connectivity index (χ4n) is 2.74. The second kappa shape index (κ2) is 8.27. The zero-order valence-electron chi connectivity index (χ0n) is 15.8. The molecule has 0 saturated carbocycles. The van der Waals surface area contributed by atoms with Crippen molar-refractivity contribution in [1.82, 2.24) is 5.32 Å². The van der Waals surface area contributed by atoms with E-state index in [1.807, 2.05) is 26.0 Å². The monoisotopic (exact) mass is 394 g/mol. The Morgan fingerprint density at radius 1 is 0.857 bits per heavy atom. The van der Waals surface area contributed by atoms with Crippen molar-refractivity contribution in [2.45, 2.75) is 25.3 Å². The number of hydrogen-bond acceptors (Lipinski definition) is 3. The van der Waals surface area contributed by atoms with E-state index in [2.05, 4.69) is 10.0 Å². The molecule has 0 spiro atoms. The summed E-state index contributed by atoms with van der Waals surface area (Å²) in [7, 11) is -3.70. The molecule has 0 aliphatic rings. The van der Waals surface area contributed by atoms with Crippen LogP contribution in [0.25, 0.3) is 0 Å². The molecule has 1 amide bonds. The third-order valence-corrected chi connectivity index (χ3v) is 5.91. The third-order valence-electron chi connectivity index (χ3n) is 4.52. The van der Waals surface area contributed by atoms with Crippen molar-refractivity contribution >= 4 is 21.6 Å². The van der Waals surface area contributed by atoms with Crippen LogP contribution in [0.15, 0.2) is 77.7 Å². The lowest BCUT2D eigenvalue weighted by Crippen LogP contribution is -2.24. The van der Waals surface area contributed by atoms with Crippen molar-refractivity contribution in [3.8, 4) is 0 Å². The molecule has 5 nitrogen and oxygen atoms in total. The molecular formula is C22H22N2O3S. The van der Waals surface area contributed by atoms with Crippen molar-refractivity contribution in [1.29, 1.82) is 0 Å². The maximum absolute atomic E-state index is 12.6. The lowest BCUT2D eigenvalue weighted by Gasteiger charge is -2.13. The Hall–Kier alpha value is -3.12. The predicted octanol–water partition coefficient (Wildman–Crippen LogP) is 4.03. The number of sulfonamides is 1. The van der Waals surface area contributed by atoms with E-state index < -0.39 is 10.0 Å². The first-order valence-electron chi connectivity index (χ1n) is 8.88. The minimum atomic E-state index is -3.70. The predicted molar refractivity (Wildman–Crippen MR) is 111 cm³/mol. The summed E-state index contributed by atoms with van der Waals surface area (Å²) in [6, 6.07) is 20.7. The molecule has 0 radical (unpaired) electrons. The Kier molecular flexibility index (Phi) is 5.80. The Labute approximate surface area is 165 Å². The number of hydrogen-bond donors (Lipinski definition) is 2. The second-order valence-electron chi connectivity index (χ2n) is 6.56. The smallest absolute Gasteiger partial charge is 0.261 e. The molecule has 3 aromatic rings. The molecule has 6 heteroatoms. The fourth-order valence-corrected chi connectivity index (χ4v) is 3.86. The van der Waals surface area contributed by atoms with E-state index in [0.29, 0.717) is 16.8 Å². The van der Waals surface area contributed by atoms with E-state index in [1.165, 1.54) is 12.1 Å². The van der Waals surface area contributed by atoms with Gasteiger partial charge in [0.2, 0.25) is 0 Å². The van der Waals surface area contributed by atoms with Gasteiger partial charge < -0.3 is 5.32 Å². The number of aryl methyl sites for hydroxylation is 2. The molecule has 0 aromatic heterocycles. The van der Waals surface area contributed by atoms with E-state index >= 15 is 0 Å². The van der Waals surface area contributed by atoms with Gasteiger partial charge >= 0.3 is 0 Å². The van der Waals surface area contributed by atoms with Gasteiger partial charge in [-0.2, -0.15) is 0 Å². The zero-order valence-corrected chi connectivity index (χ0v) is 16.6. The van der Waals surface area contributed by atoms with Crippen LogP contribution in [-0.4, -0.2) is 14.3 Å². The maximum atomic E-state index is 12.6. The molecule has 0 heterocycles. The molecular weight excluding hydrogens is 372 g/mol. The van der Waals surface area contributed by atoms with Crippen molar-refractivity contribution in [2.75, 3.05) is 4.72 Å². The van der Waals surface area contributed by atoms with E-state index in [9.17, 15) is 13.2 Å². The fraction of sp³-hybridized carbons (Fsp3) is 0.136. The lowest BCUT2D eigenvalue weighted by atomic mass is 10.1. The van der Waals surface area contributed by atoms with E-state index in [1.54, 1.807) is 48.5 Å². The number of anilines is 1. The average molecular weight is 394 g/mol. The van der Waals surface area contributed by atoms with Gasteiger partial charge in [0.25, 0.3) is 15.9 Å². The standard InChI is InChI=1S/C22H22N2O3S/c1-16-12-13-18(14-17(16)2)22(25)23-15-19-8-6-7-11-21(19)24-28(26,27)20-9-4-3-5-10-20/h3-14,24H,15H2,1-2H3,(H,23,25). The molecule has 2 N–H and O–H groups in total. The van der Waals surface area contributed by atoms with E-state index in [4.69, 9.17) is 0 Å². The minimum absolute atomic E-state index is 0.184. The van der Waals surface area contributed by atoms with Gasteiger partial charge in [0.1, 0.15) is 0 Å². The lowest BCUT2D eigenvalue weighted by molar-refractivity contribution is 0.0951. The maximum Gasteiger partial charge on any atom is 0.261 e. The van der Waals surface area contributed by atoms with Crippen LogP contribution in [0.2, 0.25) is 0 Å². The SMILES string of the molecule is Cc1ccc(C(=O)NCc2ccccc2NS(=O)(=O)c2ccccc2)cc1C. The summed E-state index contributed by atoms with van der Waals surface area (Å²) < 4.78 is 27.8. The quantitative estimate of drug-likeness (QED) is 0.663. The van der Waals surface area contributed by atoms with Gasteiger partial charge in [-0.25, -0.2) is 8.42 Å². The van der Waals surface area contributed by atoms with E-state index in [-0.39, 0.29) is 17.3 Å². The van der Waals surface area contributed by atoms with Crippen LogP contribution in [0.4, 0.5) is 5.69 Å². The highest BCUT2D eigenvalue weighted by atomic mass is 32.2. The Morgan fingerprint density at radius 3 is 2.25 bits per heavy atom. The van der Waals surface area contributed by atoms with Crippen LogP contribution in [0, 0.1) is 13.8 Å². The van der Waals surface area contributed by atoms with Gasteiger partial charge in [-0.3, -0.25) is 9.52 Å². The van der Waals surface area contributed by atoms with Crippen molar-refractivity contribution < 1.29 is 13.2 Å². The highest BCUT2D eigenvalue weighted by Gasteiger charge is 2.16. The van der Waals surface area contributed by atoms with Crippen LogP contribution in [0.3, 0.4) is 0 Å². The molecule has 0 bridgehead atoms. The van der Waals surface area contributed by atoms with Gasteiger partial charge in [0, 0.05) is 12.1 Å². The number of rotatable bonds is 6. The largest absolute Gasteiger partial charge is 0.348 e. The topological polar surface area (TPSA) is 75.3 Å². The van der Waals surface area contributed by atoms with Gasteiger partial charge in [0.05, 0.1) is 10.6 Å². The number of nitrogens with one attached hydrogen (secondary N) is 2. The van der Waals surface area contributed by atoms with Crippen molar-refractivity contribution in [3.05, 3.63) is 95.1 Å². The van der Waals surface area contributed by atoms with Crippen LogP contribution >= 0.6 is 0 Å². The molecule has 0 unspecified atom stereocenters. The Morgan fingerprint density at radius 2 is 1.54 bits per heavy atom. The summed E-state index contributed by atoms with van der Waals surface area (Å²) in [6.07, 6.45) is 0. The summed E-state index contributed by atoms with van der Waals surface area (Å²) in [5.74, 6) is -0.205. The normalized spacial score (nSPS) is 11.1. The minimum Gasteiger partial charge on any atom is -0.348 e. The number of carbonyl (C=O) groups excluding carboxylic acids is 1. The van der Waals surface area contributed by atoms with Crippen LogP contribution in [0.1, 0.15) is 27.0 Å². The van der Waals surface area contributed by atoms with Crippen molar-refractivity contribution in [2.24, 2.45) is 0 Å². The summed E-state index contributed by atoms with van der Waals surface area (Å²) in [5, 5.41) is 2.85. The Balaban J connectivity index is 1.75. The molecule has 3 aromatic carbocycles. The van der Waals surface area contributed by atoms with Crippen molar-refractivity contribution in [3.63, 3.8) is 0 Å². The molecule has 0 saturated heterocycles. The molecule has 0 fully saturated rings. The first-order chi connectivity index (χ1) is 13.4. The third kappa shape index (κ3) is 4.58.